The predicted octanol–water partition coefficient (Wildman–Crippen LogP) is 1.55. The Labute approximate surface area is 113 Å². The van der Waals surface area contributed by atoms with Gasteiger partial charge in [0.2, 0.25) is 5.89 Å². The Kier molecular flexibility index (Phi) is 3.16. The van der Waals surface area contributed by atoms with Crippen molar-refractivity contribution < 1.29 is 4.42 Å². The Bertz CT molecular complexity index is 580. The number of piperazine rings is 1. The Hall–Kier alpha value is -1.59. The van der Waals surface area contributed by atoms with Crippen LogP contribution in [0.1, 0.15) is 12.8 Å². The minimum absolute atomic E-state index is 0.578. The van der Waals surface area contributed by atoms with Gasteiger partial charge in [0.15, 0.2) is 5.58 Å². The van der Waals surface area contributed by atoms with Gasteiger partial charge < -0.3 is 15.1 Å². The van der Waals surface area contributed by atoms with Crippen molar-refractivity contribution in [2.24, 2.45) is 0 Å². The van der Waals surface area contributed by atoms with Gasteiger partial charge in [-0.1, -0.05) is 0 Å². The Morgan fingerprint density at radius 3 is 3.05 bits per heavy atom. The van der Waals surface area contributed by atoms with Gasteiger partial charge in [0.05, 0.1) is 6.54 Å². The summed E-state index contributed by atoms with van der Waals surface area (Å²) >= 11 is 0. The lowest BCUT2D eigenvalue weighted by molar-refractivity contribution is 0.0938. The number of fused-ring (bicyclic) bond motifs is 1. The molecular formula is C14H20N4O. The summed E-state index contributed by atoms with van der Waals surface area (Å²) in [5, 5.41) is 0. The van der Waals surface area contributed by atoms with Crippen molar-refractivity contribution in [2.75, 3.05) is 32.4 Å². The zero-order chi connectivity index (χ0) is 13.4. The first-order valence-electron chi connectivity index (χ1n) is 6.69. The van der Waals surface area contributed by atoms with Crippen molar-refractivity contribution in [3.8, 4) is 0 Å². The SMILES string of the molecule is CC1CN(Cc2nc3cc(N)ccc3o2)CCN1C. The van der Waals surface area contributed by atoms with Crippen molar-refractivity contribution in [3.05, 3.63) is 24.1 Å². The number of anilines is 1. The van der Waals surface area contributed by atoms with E-state index in [1.54, 1.807) is 0 Å². The van der Waals surface area contributed by atoms with E-state index in [-0.39, 0.29) is 0 Å². The summed E-state index contributed by atoms with van der Waals surface area (Å²) in [6.45, 7) is 6.22. The number of hydrogen-bond acceptors (Lipinski definition) is 5. The third-order valence-corrected chi connectivity index (χ3v) is 3.86. The van der Waals surface area contributed by atoms with Crippen molar-refractivity contribution in [1.82, 2.24) is 14.8 Å². The van der Waals surface area contributed by atoms with Gasteiger partial charge in [-0.25, -0.2) is 4.98 Å². The molecule has 2 N–H and O–H groups in total. The number of rotatable bonds is 2. The van der Waals surface area contributed by atoms with Crippen LogP contribution in [0.5, 0.6) is 0 Å². The maximum absolute atomic E-state index is 5.77. The quantitative estimate of drug-likeness (QED) is 0.830. The van der Waals surface area contributed by atoms with Gasteiger partial charge in [0.25, 0.3) is 0 Å². The average Bonchev–Trinajstić information content (AvgIpc) is 2.75. The second kappa shape index (κ2) is 4.83. The molecule has 19 heavy (non-hydrogen) atoms. The average molecular weight is 260 g/mol. The summed E-state index contributed by atoms with van der Waals surface area (Å²) in [5.41, 5.74) is 8.13. The second-order valence-corrected chi connectivity index (χ2v) is 5.40. The Morgan fingerprint density at radius 1 is 1.42 bits per heavy atom. The molecule has 2 heterocycles. The highest BCUT2D eigenvalue weighted by atomic mass is 16.3. The molecule has 0 saturated carbocycles. The van der Waals surface area contributed by atoms with Gasteiger partial charge in [-0.3, -0.25) is 4.90 Å². The minimum atomic E-state index is 0.578. The fourth-order valence-corrected chi connectivity index (χ4v) is 2.52. The van der Waals surface area contributed by atoms with E-state index in [0.717, 1.165) is 48.9 Å². The molecule has 5 nitrogen and oxygen atoms in total. The van der Waals surface area contributed by atoms with Crippen LogP contribution in [0.4, 0.5) is 5.69 Å². The first kappa shape index (κ1) is 12.4. The molecule has 1 unspecified atom stereocenters. The molecule has 3 rings (SSSR count). The number of aromatic nitrogens is 1. The zero-order valence-corrected chi connectivity index (χ0v) is 11.5. The summed E-state index contributed by atoms with van der Waals surface area (Å²) < 4.78 is 5.77. The first-order chi connectivity index (χ1) is 9.11. The largest absolute Gasteiger partial charge is 0.439 e. The summed E-state index contributed by atoms with van der Waals surface area (Å²) in [4.78, 5) is 9.28. The summed E-state index contributed by atoms with van der Waals surface area (Å²) in [5.74, 6) is 0.775. The highest BCUT2D eigenvalue weighted by molar-refractivity contribution is 5.76. The fourth-order valence-electron chi connectivity index (χ4n) is 2.52. The summed E-state index contributed by atoms with van der Waals surface area (Å²) in [6, 6.07) is 6.16. The molecule has 0 aliphatic carbocycles. The molecule has 0 spiro atoms. The summed E-state index contributed by atoms with van der Waals surface area (Å²) in [7, 11) is 2.17. The normalized spacial score (nSPS) is 22.1. The van der Waals surface area contributed by atoms with Gasteiger partial charge in [-0.05, 0) is 32.2 Å². The van der Waals surface area contributed by atoms with Crippen molar-refractivity contribution in [3.63, 3.8) is 0 Å². The van der Waals surface area contributed by atoms with Crippen LogP contribution in [0.15, 0.2) is 22.6 Å². The minimum Gasteiger partial charge on any atom is -0.439 e. The molecule has 1 aromatic heterocycles. The zero-order valence-electron chi connectivity index (χ0n) is 11.5. The molecular weight excluding hydrogens is 240 g/mol. The van der Waals surface area contributed by atoms with Gasteiger partial charge in [0, 0.05) is 31.4 Å². The summed E-state index contributed by atoms with van der Waals surface area (Å²) in [6.07, 6.45) is 0. The number of likely N-dealkylation sites (N-methyl/N-ethyl adjacent to an activating group) is 1. The lowest BCUT2D eigenvalue weighted by atomic mass is 10.2. The van der Waals surface area contributed by atoms with E-state index in [1.807, 2.05) is 18.2 Å². The first-order valence-corrected chi connectivity index (χ1v) is 6.69. The van der Waals surface area contributed by atoms with E-state index in [2.05, 4.69) is 28.8 Å². The third-order valence-electron chi connectivity index (χ3n) is 3.86. The number of nitrogens with two attached hydrogens (primary N) is 1. The highest BCUT2D eigenvalue weighted by Crippen LogP contribution is 2.20. The van der Waals surface area contributed by atoms with Gasteiger partial charge >= 0.3 is 0 Å². The topological polar surface area (TPSA) is 58.5 Å². The second-order valence-electron chi connectivity index (χ2n) is 5.40. The van der Waals surface area contributed by atoms with Crippen LogP contribution in [0.25, 0.3) is 11.1 Å². The van der Waals surface area contributed by atoms with E-state index < -0.39 is 0 Å². The van der Waals surface area contributed by atoms with E-state index in [1.165, 1.54) is 0 Å². The number of nitrogen functional groups attached to an aromatic ring is 1. The molecule has 1 saturated heterocycles. The number of nitrogens with zero attached hydrogens (tertiary/aromatic N) is 3. The molecule has 1 aromatic carbocycles. The lowest BCUT2D eigenvalue weighted by Crippen LogP contribution is -2.49. The lowest BCUT2D eigenvalue weighted by Gasteiger charge is -2.36. The van der Waals surface area contributed by atoms with E-state index >= 15 is 0 Å². The van der Waals surface area contributed by atoms with Crippen molar-refractivity contribution >= 4 is 16.8 Å². The van der Waals surface area contributed by atoms with Crippen molar-refractivity contribution in [2.45, 2.75) is 19.5 Å². The maximum atomic E-state index is 5.77. The molecule has 0 amide bonds. The molecule has 5 heteroatoms. The van der Waals surface area contributed by atoms with Crippen LogP contribution in [0.2, 0.25) is 0 Å². The molecule has 102 valence electrons. The molecule has 0 radical (unpaired) electrons. The molecule has 1 aliphatic rings. The number of benzene rings is 1. The number of hydrogen-bond donors (Lipinski definition) is 1. The van der Waals surface area contributed by atoms with E-state index in [4.69, 9.17) is 10.2 Å². The van der Waals surface area contributed by atoms with Gasteiger partial charge in [0.1, 0.15) is 5.52 Å². The standard InChI is InChI=1S/C14H20N4O/c1-10-8-18(6-5-17(10)2)9-14-16-12-7-11(15)3-4-13(12)19-14/h3-4,7,10H,5-6,8-9,15H2,1-2H3. The van der Waals surface area contributed by atoms with Crippen LogP contribution in [0, 0.1) is 0 Å². The Morgan fingerprint density at radius 2 is 2.26 bits per heavy atom. The van der Waals surface area contributed by atoms with Crippen LogP contribution >= 0.6 is 0 Å². The van der Waals surface area contributed by atoms with E-state index in [0.29, 0.717) is 6.04 Å². The smallest absolute Gasteiger partial charge is 0.209 e. The number of oxazole rings is 1. The predicted molar refractivity (Wildman–Crippen MR) is 75.8 cm³/mol. The Balaban J connectivity index is 1.74. The molecule has 1 aliphatic heterocycles. The van der Waals surface area contributed by atoms with Crippen LogP contribution < -0.4 is 5.73 Å². The third kappa shape index (κ3) is 2.57. The van der Waals surface area contributed by atoms with Crippen molar-refractivity contribution in [1.29, 1.82) is 0 Å². The van der Waals surface area contributed by atoms with Gasteiger partial charge in [-0.15, -0.1) is 0 Å². The molecule has 1 atom stereocenters. The van der Waals surface area contributed by atoms with Gasteiger partial charge in [-0.2, -0.15) is 0 Å². The molecule has 2 aromatic rings. The van der Waals surface area contributed by atoms with Crippen LogP contribution in [0.3, 0.4) is 0 Å². The van der Waals surface area contributed by atoms with Crippen LogP contribution in [-0.4, -0.2) is 47.5 Å². The molecule has 1 fully saturated rings. The van der Waals surface area contributed by atoms with Crippen LogP contribution in [-0.2, 0) is 6.54 Å². The fraction of sp³-hybridized carbons (Fsp3) is 0.500. The maximum Gasteiger partial charge on any atom is 0.209 e. The highest BCUT2D eigenvalue weighted by Gasteiger charge is 2.21. The molecule has 0 bridgehead atoms. The van der Waals surface area contributed by atoms with E-state index in [9.17, 15) is 0 Å². The monoisotopic (exact) mass is 260 g/mol.